The van der Waals surface area contributed by atoms with Gasteiger partial charge in [-0.15, -0.1) is 0 Å². The molecule has 0 unspecified atom stereocenters. The first-order valence-corrected chi connectivity index (χ1v) is 7.59. The highest BCUT2D eigenvalue weighted by Crippen LogP contribution is 2.13. The van der Waals surface area contributed by atoms with E-state index in [2.05, 4.69) is 4.90 Å². The van der Waals surface area contributed by atoms with Crippen LogP contribution < -0.4 is 0 Å². The van der Waals surface area contributed by atoms with E-state index in [1.807, 2.05) is 6.92 Å². The molecule has 0 aromatic carbocycles. The van der Waals surface area contributed by atoms with Crippen LogP contribution in [-0.2, 0) is 14.6 Å². The zero-order valence-electron chi connectivity index (χ0n) is 9.61. The minimum Gasteiger partial charge on any atom is -0.378 e. The van der Waals surface area contributed by atoms with E-state index < -0.39 is 9.84 Å². The van der Waals surface area contributed by atoms with E-state index in [9.17, 15) is 8.42 Å². The summed E-state index contributed by atoms with van der Waals surface area (Å²) < 4.78 is 27.5. The van der Waals surface area contributed by atoms with Crippen molar-refractivity contribution in [3.63, 3.8) is 0 Å². The van der Waals surface area contributed by atoms with E-state index in [0.717, 1.165) is 32.5 Å². The Bertz CT molecular complexity index is 268. The fourth-order valence-electron chi connectivity index (χ4n) is 1.83. The van der Waals surface area contributed by atoms with Crippen molar-refractivity contribution in [2.45, 2.75) is 25.9 Å². The van der Waals surface area contributed by atoms with Crippen molar-refractivity contribution in [1.82, 2.24) is 4.90 Å². The van der Waals surface area contributed by atoms with E-state index in [1.165, 1.54) is 6.26 Å². The van der Waals surface area contributed by atoms with Gasteiger partial charge in [0, 0.05) is 32.5 Å². The summed E-state index contributed by atoms with van der Waals surface area (Å²) in [7, 11) is -2.82. The van der Waals surface area contributed by atoms with Gasteiger partial charge in [0.2, 0.25) is 0 Å². The number of nitrogens with zero attached hydrogens (tertiary/aromatic N) is 1. The van der Waals surface area contributed by atoms with Crippen LogP contribution in [-0.4, -0.2) is 57.7 Å². The van der Waals surface area contributed by atoms with Crippen molar-refractivity contribution >= 4 is 9.84 Å². The molecule has 1 heterocycles. The lowest BCUT2D eigenvalue weighted by Gasteiger charge is -2.31. The molecule has 0 aromatic heterocycles. The van der Waals surface area contributed by atoms with Gasteiger partial charge in [0.25, 0.3) is 0 Å². The smallest absolute Gasteiger partial charge is 0.148 e. The van der Waals surface area contributed by atoms with Gasteiger partial charge >= 0.3 is 0 Å². The second-order valence-corrected chi connectivity index (χ2v) is 6.39. The molecule has 0 aliphatic carbocycles. The number of rotatable bonds is 5. The molecule has 1 aliphatic rings. The Labute approximate surface area is 92.5 Å². The molecular weight excluding hydrogens is 214 g/mol. The van der Waals surface area contributed by atoms with E-state index in [-0.39, 0.29) is 5.75 Å². The molecule has 1 fully saturated rings. The van der Waals surface area contributed by atoms with Crippen LogP contribution in [0.3, 0.4) is 0 Å². The maximum Gasteiger partial charge on any atom is 0.148 e. The molecule has 0 spiro atoms. The molecule has 1 saturated heterocycles. The zero-order valence-corrected chi connectivity index (χ0v) is 10.4. The summed E-state index contributed by atoms with van der Waals surface area (Å²) in [5, 5.41) is 0. The quantitative estimate of drug-likeness (QED) is 0.697. The van der Waals surface area contributed by atoms with Gasteiger partial charge in [-0.05, 0) is 19.8 Å². The number of piperidine rings is 1. The summed E-state index contributed by atoms with van der Waals surface area (Å²) in [5.41, 5.74) is 0. The van der Waals surface area contributed by atoms with E-state index in [0.29, 0.717) is 12.6 Å². The van der Waals surface area contributed by atoms with Crippen molar-refractivity contribution in [3.8, 4) is 0 Å². The average molecular weight is 235 g/mol. The van der Waals surface area contributed by atoms with Gasteiger partial charge in [-0.2, -0.15) is 0 Å². The minimum atomic E-state index is -2.82. The van der Waals surface area contributed by atoms with Crippen molar-refractivity contribution in [3.05, 3.63) is 0 Å². The highest BCUT2D eigenvalue weighted by Gasteiger charge is 2.19. The van der Waals surface area contributed by atoms with Gasteiger partial charge < -0.3 is 9.64 Å². The monoisotopic (exact) mass is 235 g/mol. The second-order valence-electron chi connectivity index (χ2n) is 4.13. The Morgan fingerprint density at radius 3 is 2.40 bits per heavy atom. The predicted molar refractivity (Wildman–Crippen MR) is 60.8 cm³/mol. The van der Waals surface area contributed by atoms with Crippen LogP contribution in [0, 0.1) is 0 Å². The summed E-state index contributed by atoms with van der Waals surface area (Å²) in [4.78, 5) is 2.20. The maximum atomic E-state index is 11.0. The maximum absolute atomic E-state index is 11.0. The number of ether oxygens (including phenoxy) is 1. The highest BCUT2D eigenvalue weighted by molar-refractivity contribution is 7.90. The first-order valence-electron chi connectivity index (χ1n) is 5.53. The first kappa shape index (κ1) is 12.9. The van der Waals surface area contributed by atoms with Crippen LogP contribution in [0.15, 0.2) is 0 Å². The largest absolute Gasteiger partial charge is 0.378 e. The van der Waals surface area contributed by atoms with Crippen molar-refractivity contribution in [1.29, 1.82) is 0 Å². The molecular formula is C10H21NO3S. The van der Waals surface area contributed by atoms with Gasteiger partial charge in [0.1, 0.15) is 9.84 Å². The lowest BCUT2D eigenvalue weighted by Crippen LogP contribution is -2.39. The molecule has 0 saturated carbocycles. The summed E-state index contributed by atoms with van der Waals surface area (Å²) in [6.07, 6.45) is 3.72. The predicted octanol–water partition coefficient (Wildman–Crippen LogP) is 0.532. The SMILES string of the molecule is CCOC1CCN(CCS(C)(=O)=O)CC1. The summed E-state index contributed by atoms with van der Waals surface area (Å²) in [5.74, 6) is 0.270. The van der Waals surface area contributed by atoms with Crippen LogP contribution in [0.25, 0.3) is 0 Å². The lowest BCUT2D eigenvalue weighted by molar-refractivity contribution is 0.0156. The van der Waals surface area contributed by atoms with Crippen LogP contribution >= 0.6 is 0 Å². The molecule has 1 rings (SSSR count). The molecule has 0 amide bonds. The molecule has 15 heavy (non-hydrogen) atoms. The van der Waals surface area contributed by atoms with Crippen LogP contribution in [0.4, 0.5) is 0 Å². The molecule has 0 atom stereocenters. The molecule has 0 aromatic rings. The van der Waals surface area contributed by atoms with E-state index in [4.69, 9.17) is 4.74 Å². The molecule has 5 heteroatoms. The Morgan fingerprint density at radius 2 is 1.93 bits per heavy atom. The van der Waals surface area contributed by atoms with Gasteiger partial charge in [-0.25, -0.2) is 8.42 Å². The fourth-order valence-corrected chi connectivity index (χ4v) is 2.42. The van der Waals surface area contributed by atoms with Crippen molar-refractivity contribution < 1.29 is 13.2 Å². The molecule has 0 bridgehead atoms. The lowest BCUT2D eigenvalue weighted by atomic mass is 10.1. The van der Waals surface area contributed by atoms with Crippen LogP contribution in [0.5, 0.6) is 0 Å². The van der Waals surface area contributed by atoms with Crippen molar-refractivity contribution in [2.24, 2.45) is 0 Å². The third kappa shape index (κ3) is 5.49. The summed E-state index contributed by atoms with van der Waals surface area (Å²) >= 11 is 0. The Hall–Kier alpha value is -0.130. The Morgan fingerprint density at radius 1 is 1.33 bits per heavy atom. The fraction of sp³-hybridized carbons (Fsp3) is 1.00. The van der Waals surface area contributed by atoms with Crippen LogP contribution in [0.1, 0.15) is 19.8 Å². The van der Waals surface area contributed by atoms with Gasteiger partial charge in [0.15, 0.2) is 0 Å². The molecule has 90 valence electrons. The Kier molecular flexibility index (Phi) is 5.02. The standard InChI is InChI=1S/C10H21NO3S/c1-3-14-10-4-6-11(7-5-10)8-9-15(2,12)13/h10H,3-9H2,1-2H3. The summed E-state index contributed by atoms with van der Waals surface area (Å²) in [6.45, 7) is 5.36. The highest BCUT2D eigenvalue weighted by atomic mass is 32.2. The third-order valence-electron chi connectivity index (χ3n) is 2.72. The van der Waals surface area contributed by atoms with Gasteiger partial charge in [0.05, 0.1) is 11.9 Å². The first-order chi connectivity index (χ1) is 7.01. The topological polar surface area (TPSA) is 46.6 Å². The molecule has 4 nitrogen and oxygen atoms in total. The van der Waals surface area contributed by atoms with Crippen LogP contribution in [0.2, 0.25) is 0 Å². The Balaban J connectivity index is 2.20. The molecule has 0 radical (unpaired) electrons. The average Bonchev–Trinajstić information content (AvgIpc) is 2.16. The number of likely N-dealkylation sites (tertiary alicyclic amines) is 1. The minimum absolute atomic E-state index is 0.270. The van der Waals surface area contributed by atoms with E-state index in [1.54, 1.807) is 0 Å². The number of sulfone groups is 1. The normalized spacial score (nSPS) is 20.7. The molecule has 1 aliphatic heterocycles. The molecule has 0 N–H and O–H groups in total. The van der Waals surface area contributed by atoms with Gasteiger partial charge in [-0.3, -0.25) is 0 Å². The van der Waals surface area contributed by atoms with E-state index >= 15 is 0 Å². The van der Waals surface area contributed by atoms with Crippen molar-refractivity contribution in [2.75, 3.05) is 38.2 Å². The zero-order chi connectivity index (χ0) is 11.3. The number of hydrogen-bond acceptors (Lipinski definition) is 4. The third-order valence-corrected chi connectivity index (χ3v) is 3.64. The number of hydrogen-bond donors (Lipinski definition) is 0. The second kappa shape index (κ2) is 5.82. The van der Waals surface area contributed by atoms with Gasteiger partial charge in [-0.1, -0.05) is 0 Å². The summed E-state index contributed by atoms with van der Waals surface area (Å²) in [6, 6.07) is 0.